The minimum absolute atomic E-state index is 0.490. The molecule has 2 rings (SSSR count). The average Bonchev–Trinajstić information content (AvgIpc) is 2.62. The summed E-state index contributed by atoms with van der Waals surface area (Å²) in [4.78, 5) is 0. The molecule has 0 unspecified atom stereocenters. The van der Waals surface area contributed by atoms with E-state index in [1.807, 2.05) is 25.6 Å². The highest BCUT2D eigenvalue weighted by Gasteiger charge is 2.10. The number of aromatic nitrogens is 4. The van der Waals surface area contributed by atoms with E-state index in [-0.39, 0.29) is 0 Å². The van der Waals surface area contributed by atoms with E-state index in [9.17, 15) is 0 Å². The number of aryl methyl sites for hydroxylation is 2. The van der Waals surface area contributed by atoms with E-state index in [4.69, 9.17) is 5.26 Å². The molecule has 0 aliphatic heterocycles. The van der Waals surface area contributed by atoms with Crippen LogP contribution >= 0.6 is 0 Å². The van der Waals surface area contributed by atoms with Gasteiger partial charge in [-0.25, -0.2) is 0 Å². The van der Waals surface area contributed by atoms with Crippen molar-refractivity contribution in [3.63, 3.8) is 0 Å². The lowest BCUT2D eigenvalue weighted by molar-refractivity contribution is 0.730. The summed E-state index contributed by atoms with van der Waals surface area (Å²) in [5.41, 5.74) is 3.68. The second-order valence-corrected chi connectivity index (χ2v) is 4.03. The highest BCUT2D eigenvalue weighted by molar-refractivity contribution is 5.50. The Bertz CT molecular complexity index is 608. The fourth-order valence-corrected chi connectivity index (χ4v) is 1.80. The number of hydrogen-bond donors (Lipinski definition) is 1. The van der Waals surface area contributed by atoms with E-state index in [2.05, 4.69) is 26.7 Å². The Morgan fingerprint density at radius 3 is 2.83 bits per heavy atom. The molecule has 0 aromatic carbocycles. The summed E-state index contributed by atoms with van der Waals surface area (Å²) >= 11 is 0. The van der Waals surface area contributed by atoms with Crippen LogP contribution in [0.3, 0.4) is 0 Å². The molecule has 0 aliphatic rings. The molecule has 0 fully saturated rings. The van der Waals surface area contributed by atoms with Gasteiger partial charge in [-0.3, -0.25) is 4.68 Å². The molecule has 6 nitrogen and oxygen atoms in total. The zero-order valence-corrected chi connectivity index (χ0v) is 10.6. The molecule has 18 heavy (non-hydrogen) atoms. The van der Waals surface area contributed by atoms with Crippen LogP contribution in [0.15, 0.2) is 12.3 Å². The molecule has 2 heterocycles. The highest BCUT2D eigenvalue weighted by Crippen LogP contribution is 2.15. The molecule has 6 heteroatoms. The van der Waals surface area contributed by atoms with Gasteiger partial charge in [0.15, 0.2) is 5.82 Å². The zero-order chi connectivity index (χ0) is 13.1. The Morgan fingerprint density at radius 2 is 2.22 bits per heavy atom. The van der Waals surface area contributed by atoms with Crippen LogP contribution in [0.1, 0.15) is 22.5 Å². The molecule has 0 aliphatic carbocycles. The molecule has 0 atom stereocenters. The van der Waals surface area contributed by atoms with Gasteiger partial charge >= 0.3 is 0 Å². The topological polar surface area (TPSA) is 79.4 Å². The molecule has 0 amide bonds. The number of nitriles is 1. The van der Waals surface area contributed by atoms with Gasteiger partial charge < -0.3 is 5.32 Å². The summed E-state index contributed by atoms with van der Waals surface area (Å²) in [6.07, 6.45) is 1.50. The van der Waals surface area contributed by atoms with Crippen LogP contribution in [0.4, 0.5) is 5.82 Å². The first-order valence-electron chi connectivity index (χ1n) is 5.58. The third-order valence-electron chi connectivity index (χ3n) is 2.93. The van der Waals surface area contributed by atoms with Crippen molar-refractivity contribution in [1.29, 1.82) is 5.26 Å². The summed E-state index contributed by atoms with van der Waals surface area (Å²) in [6, 6.07) is 3.72. The third-order valence-corrected chi connectivity index (χ3v) is 2.93. The van der Waals surface area contributed by atoms with Gasteiger partial charge in [-0.15, -0.1) is 5.10 Å². The number of rotatable bonds is 3. The second kappa shape index (κ2) is 4.84. The lowest BCUT2D eigenvalue weighted by Gasteiger charge is -2.06. The SMILES string of the molecule is Cc1nn(C)c(C)c1CNc1nnccc1C#N. The predicted octanol–water partition coefficient (Wildman–Crippen LogP) is 1.31. The third kappa shape index (κ3) is 2.15. The number of anilines is 1. The van der Waals surface area contributed by atoms with Crippen LogP contribution in [0.2, 0.25) is 0 Å². The van der Waals surface area contributed by atoms with Gasteiger partial charge in [0.05, 0.1) is 17.5 Å². The predicted molar refractivity (Wildman–Crippen MR) is 66.8 cm³/mol. The number of nitrogens with zero attached hydrogens (tertiary/aromatic N) is 5. The van der Waals surface area contributed by atoms with Crippen molar-refractivity contribution < 1.29 is 0 Å². The summed E-state index contributed by atoms with van der Waals surface area (Å²) in [6.45, 7) is 4.56. The highest BCUT2D eigenvalue weighted by atomic mass is 15.3. The largest absolute Gasteiger partial charge is 0.363 e. The Morgan fingerprint density at radius 1 is 1.44 bits per heavy atom. The molecular formula is C12H14N6. The lowest BCUT2D eigenvalue weighted by atomic mass is 10.2. The maximum Gasteiger partial charge on any atom is 0.166 e. The van der Waals surface area contributed by atoms with Crippen molar-refractivity contribution in [2.45, 2.75) is 20.4 Å². The molecule has 2 aromatic heterocycles. The number of nitrogens with one attached hydrogen (secondary N) is 1. The van der Waals surface area contributed by atoms with Gasteiger partial charge in [0, 0.05) is 24.8 Å². The molecule has 1 N–H and O–H groups in total. The smallest absolute Gasteiger partial charge is 0.166 e. The maximum atomic E-state index is 8.95. The maximum absolute atomic E-state index is 8.95. The quantitative estimate of drug-likeness (QED) is 0.877. The Hall–Kier alpha value is -2.42. The Labute approximate surface area is 105 Å². The van der Waals surface area contributed by atoms with E-state index in [1.54, 1.807) is 6.07 Å². The average molecular weight is 242 g/mol. The van der Waals surface area contributed by atoms with Crippen LogP contribution in [0, 0.1) is 25.2 Å². The van der Waals surface area contributed by atoms with Crippen LogP contribution < -0.4 is 5.32 Å². The van der Waals surface area contributed by atoms with Crippen molar-refractivity contribution >= 4 is 5.82 Å². The fourth-order valence-electron chi connectivity index (χ4n) is 1.80. The van der Waals surface area contributed by atoms with Crippen molar-refractivity contribution in [2.24, 2.45) is 7.05 Å². The summed E-state index contributed by atoms with van der Waals surface area (Å²) in [7, 11) is 1.91. The molecule has 2 aromatic rings. The molecule has 92 valence electrons. The van der Waals surface area contributed by atoms with Crippen molar-refractivity contribution in [2.75, 3.05) is 5.32 Å². The Kier molecular flexibility index (Phi) is 3.24. The van der Waals surface area contributed by atoms with E-state index < -0.39 is 0 Å². The van der Waals surface area contributed by atoms with Gasteiger partial charge in [-0.2, -0.15) is 15.5 Å². The lowest BCUT2D eigenvalue weighted by Crippen LogP contribution is -2.06. The van der Waals surface area contributed by atoms with Gasteiger partial charge in [0.1, 0.15) is 6.07 Å². The Balaban J connectivity index is 2.20. The van der Waals surface area contributed by atoms with Crippen LogP contribution in [-0.4, -0.2) is 20.0 Å². The van der Waals surface area contributed by atoms with E-state index in [0.717, 1.165) is 17.0 Å². The first kappa shape index (κ1) is 12.0. The zero-order valence-electron chi connectivity index (χ0n) is 10.6. The standard InChI is InChI=1S/C12H14N6/c1-8-11(9(2)18(3)17-8)7-14-12-10(6-13)4-5-15-16-12/h4-5H,7H2,1-3H3,(H,14,16). The van der Waals surface area contributed by atoms with E-state index in [0.29, 0.717) is 17.9 Å². The minimum Gasteiger partial charge on any atom is -0.363 e. The van der Waals surface area contributed by atoms with Crippen molar-refractivity contribution in [3.8, 4) is 6.07 Å². The van der Waals surface area contributed by atoms with E-state index >= 15 is 0 Å². The van der Waals surface area contributed by atoms with Crippen LogP contribution in [-0.2, 0) is 13.6 Å². The fraction of sp³-hybridized carbons (Fsp3) is 0.333. The second-order valence-electron chi connectivity index (χ2n) is 4.03. The molecule has 0 radical (unpaired) electrons. The molecule has 0 bridgehead atoms. The first-order chi connectivity index (χ1) is 8.63. The molecule has 0 saturated heterocycles. The van der Waals surface area contributed by atoms with E-state index in [1.165, 1.54) is 6.20 Å². The minimum atomic E-state index is 0.490. The van der Waals surface area contributed by atoms with Gasteiger partial charge in [-0.1, -0.05) is 0 Å². The van der Waals surface area contributed by atoms with Crippen LogP contribution in [0.25, 0.3) is 0 Å². The number of hydrogen-bond acceptors (Lipinski definition) is 5. The van der Waals surface area contributed by atoms with Gasteiger partial charge in [0.2, 0.25) is 0 Å². The monoisotopic (exact) mass is 242 g/mol. The normalized spacial score (nSPS) is 10.1. The van der Waals surface area contributed by atoms with Gasteiger partial charge in [-0.05, 0) is 19.9 Å². The van der Waals surface area contributed by atoms with Crippen molar-refractivity contribution in [1.82, 2.24) is 20.0 Å². The van der Waals surface area contributed by atoms with Gasteiger partial charge in [0.25, 0.3) is 0 Å². The summed E-state index contributed by atoms with van der Waals surface area (Å²) in [5.74, 6) is 0.502. The first-order valence-corrected chi connectivity index (χ1v) is 5.58. The molecular weight excluding hydrogens is 228 g/mol. The summed E-state index contributed by atoms with van der Waals surface area (Å²) in [5, 5.41) is 24.1. The van der Waals surface area contributed by atoms with Crippen LogP contribution in [0.5, 0.6) is 0 Å². The molecule has 0 saturated carbocycles. The molecule has 0 spiro atoms. The summed E-state index contributed by atoms with van der Waals surface area (Å²) < 4.78 is 1.84. The van der Waals surface area contributed by atoms with Crippen molar-refractivity contribution in [3.05, 3.63) is 34.8 Å².